The normalized spacial score (nSPS) is 10.4. The molecule has 2 nitrogen and oxygen atoms in total. The lowest BCUT2D eigenvalue weighted by atomic mass is 10.1. The Morgan fingerprint density at radius 2 is 1.72 bits per heavy atom. The topological polar surface area (TPSA) is 35.2 Å². The standard InChI is InChI=1S/C16H19NO/c1-12-7-8-16(13(2)9-12)18-11-15-6-4-3-5-14(15)10-17/h3-9H,10-11,17H2,1-2H3. The van der Waals surface area contributed by atoms with Gasteiger partial charge < -0.3 is 10.5 Å². The minimum absolute atomic E-state index is 0.548. The number of benzene rings is 2. The van der Waals surface area contributed by atoms with E-state index in [-0.39, 0.29) is 0 Å². The highest BCUT2D eigenvalue weighted by Crippen LogP contribution is 2.20. The van der Waals surface area contributed by atoms with Gasteiger partial charge >= 0.3 is 0 Å². The molecule has 2 aromatic carbocycles. The van der Waals surface area contributed by atoms with Crippen LogP contribution in [0.25, 0.3) is 0 Å². The first-order chi connectivity index (χ1) is 8.70. The zero-order valence-corrected chi connectivity index (χ0v) is 10.9. The largest absolute Gasteiger partial charge is 0.489 e. The van der Waals surface area contributed by atoms with Crippen LogP contribution in [0.3, 0.4) is 0 Å². The first-order valence-electron chi connectivity index (χ1n) is 6.17. The maximum Gasteiger partial charge on any atom is 0.122 e. The molecule has 18 heavy (non-hydrogen) atoms. The molecule has 2 aromatic rings. The average Bonchev–Trinajstić information content (AvgIpc) is 2.38. The minimum atomic E-state index is 0.548. The summed E-state index contributed by atoms with van der Waals surface area (Å²) in [6.45, 7) is 5.27. The number of rotatable bonds is 4. The molecule has 0 aliphatic rings. The van der Waals surface area contributed by atoms with E-state index in [2.05, 4.69) is 32.0 Å². The summed E-state index contributed by atoms with van der Waals surface area (Å²) in [4.78, 5) is 0. The number of nitrogens with two attached hydrogens (primary N) is 1. The van der Waals surface area contributed by atoms with E-state index >= 15 is 0 Å². The predicted molar refractivity (Wildman–Crippen MR) is 74.6 cm³/mol. The van der Waals surface area contributed by atoms with Crippen LogP contribution < -0.4 is 10.5 Å². The average molecular weight is 241 g/mol. The fourth-order valence-electron chi connectivity index (χ4n) is 2.01. The molecule has 0 atom stereocenters. The molecule has 94 valence electrons. The Balaban J connectivity index is 2.11. The third-order valence-electron chi connectivity index (χ3n) is 3.05. The Hall–Kier alpha value is -1.80. The molecule has 0 bridgehead atoms. The third-order valence-corrected chi connectivity index (χ3v) is 3.05. The number of hydrogen-bond acceptors (Lipinski definition) is 2. The van der Waals surface area contributed by atoms with Gasteiger partial charge in [-0.05, 0) is 36.6 Å². The van der Waals surface area contributed by atoms with Crippen molar-refractivity contribution in [2.75, 3.05) is 0 Å². The van der Waals surface area contributed by atoms with Crippen molar-refractivity contribution < 1.29 is 4.74 Å². The maximum atomic E-state index is 5.86. The highest BCUT2D eigenvalue weighted by atomic mass is 16.5. The summed E-state index contributed by atoms with van der Waals surface area (Å²) in [6.07, 6.45) is 0. The summed E-state index contributed by atoms with van der Waals surface area (Å²) in [5.74, 6) is 0.937. The first kappa shape index (κ1) is 12.7. The van der Waals surface area contributed by atoms with Crippen molar-refractivity contribution in [1.82, 2.24) is 0 Å². The van der Waals surface area contributed by atoms with Crippen LogP contribution in [-0.4, -0.2) is 0 Å². The summed E-state index contributed by atoms with van der Waals surface area (Å²) < 4.78 is 5.86. The second-order valence-electron chi connectivity index (χ2n) is 4.53. The summed E-state index contributed by atoms with van der Waals surface area (Å²) in [5, 5.41) is 0. The van der Waals surface area contributed by atoms with Gasteiger partial charge in [-0.2, -0.15) is 0 Å². The lowest BCUT2D eigenvalue weighted by molar-refractivity contribution is 0.303. The monoisotopic (exact) mass is 241 g/mol. The molecule has 0 amide bonds. The van der Waals surface area contributed by atoms with E-state index in [9.17, 15) is 0 Å². The second-order valence-corrected chi connectivity index (χ2v) is 4.53. The highest BCUT2D eigenvalue weighted by Gasteiger charge is 2.03. The van der Waals surface area contributed by atoms with Gasteiger partial charge in [-0.15, -0.1) is 0 Å². The quantitative estimate of drug-likeness (QED) is 0.891. The van der Waals surface area contributed by atoms with Crippen LogP contribution in [0.2, 0.25) is 0 Å². The molecule has 0 spiro atoms. The van der Waals surface area contributed by atoms with Gasteiger partial charge in [0.25, 0.3) is 0 Å². The van der Waals surface area contributed by atoms with Crippen molar-refractivity contribution in [1.29, 1.82) is 0 Å². The van der Waals surface area contributed by atoms with E-state index in [0.717, 1.165) is 16.9 Å². The molecule has 0 aliphatic heterocycles. The summed E-state index contributed by atoms with van der Waals surface area (Å²) in [6, 6.07) is 14.3. The van der Waals surface area contributed by atoms with Crippen molar-refractivity contribution in [2.24, 2.45) is 5.73 Å². The van der Waals surface area contributed by atoms with Crippen LogP contribution in [0.1, 0.15) is 22.3 Å². The molecule has 2 heteroatoms. The molecule has 0 heterocycles. The van der Waals surface area contributed by atoms with Gasteiger partial charge in [0.05, 0.1) is 0 Å². The molecule has 2 N–H and O–H groups in total. The second kappa shape index (κ2) is 5.69. The Labute approximate surface area is 108 Å². The Kier molecular flexibility index (Phi) is 4.00. The van der Waals surface area contributed by atoms with Crippen molar-refractivity contribution in [2.45, 2.75) is 27.0 Å². The molecule has 0 aromatic heterocycles. The number of ether oxygens (including phenoxy) is 1. The van der Waals surface area contributed by atoms with Gasteiger partial charge in [0, 0.05) is 6.54 Å². The fourth-order valence-corrected chi connectivity index (χ4v) is 2.01. The molecule has 0 unspecified atom stereocenters. The molecule has 0 aliphatic carbocycles. The zero-order valence-electron chi connectivity index (χ0n) is 10.9. The van der Waals surface area contributed by atoms with Crippen LogP contribution in [0.5, 0.6) is 5.75 Å². The zero-order chi connectivity index (χ0) is 13.0. The maximum absolute atomic E-state index is 5.86. The molecule has 0 radical (unpaired) electrons. The third kappa shape index (κ3) is 2.90. The Morgan fingerprint density at radius 1 is 1.00 bits per heavy atom. The van der Waals surface area contributed by atoms with Gasteiger partial charge in [0.15, 0.2) is 0 Å². The van der Waals surface area contributed by atoms with E-state index in [1.807, 2.05) is 24.3 Å². The van der Waals surface area contributed by atoms with Crippen LogP contribution in [0.15, 0.2) is 42.5 Å². The smallest absolute Gasteiger partial charge is 0.122 e. The number of hydrogen-bond donors (Lipinski definition) is 1. The highest BCUT2D eigenvalue weighted by molar-refractivity contribution is 5.36. The molecular formula is C16H19NO. The van der Waals surface area contributed by atoms with Crippen molar-refractivity contribution in [3.05, 3.63) is 64.7 Å². The van der Waals surface area contributed by atoms with Gasteiger partial charge in [-0.1, -0.05) is 42.0 Å². The van der Waals surface area contributed by atoms with Crippen LogP contribution in [0, 0.1) is 13.8 Å². The van der Waals surface area contributed by atoms with Gasteiger partial charge in [-0.25, -0.2) is 0 Å². The molecule has 0 saturated heterocycles. The predicted octanol–water partition coefficient (Wildman–Crippen LogP) is 3.34. The summed E-state index contributed by atoms with van der Waals surface area (Å²) in [5.41, 5.74) is 10.4. The Morgan fingerprint density at radius 3 is 2.39 bits per heavy atom. The van der Waals surface area contributed by atoms with Gasteiger partial charge in [0.1, 0.15) is 12.4 Å². The minimum Gasteiger partial charge on any atom is -0.489 e. The van der Waals surface area contributed by atoms with Gasteiger partial charge in [-0.3, -0.25) is 0 Å². The van der Waals surface area contributed by atoms with Crippen molar-refractivity contribution in [3.8, 4) is 5.75 Å². The van der Waals surface area contributed by atoms with Crippen LogP contribution in [-0.2, 0) is 13.2 Å². The summed E-state index contributed by atoms with van der Waals surface area (Å²) >= 11 is 0. The van der Waals surface area contributed by atoms with Crippen molar-refractivity contribution >= 4 is 0 Å². The molecule has 2 rings (SSSR count). The van der Waals surface area contributed by atoms with Gasteiger partial charge in [0.2, 0.25) is 0 Å². The van der Waals surface area contributed by atoms with E-state index in [0.29, 0.717) is 13.2 Å². The number of aryl methyl sites for hydroxylation is 2. The van der Waals surface area contributed by atoms with E-state index in [4.69, 9.17) is 10.5 Å². The summed E-state index contributed by atoms with van der Waals surface area (Å²) in [7, 11) is 0. The first-order valence-corrected chi connectivity index (χ1v) is 6.17. The Bertz CT molecular complexity index is 534. The lowest BCUT2D eigenvalue weighted by Crippen LogP contribution is -2.04. The SMILES string of the molecule is Cc1ccc(OCc2ccccc2CN)c(C)c1. The molecule has 0 fully saturated rings. The fraction of sp³-hybridized carbons (Fsp3) is 0.250. The lowest BCUT2D eigenvalue weighted by Gasteiger charge is -2.12. The van der Waals surface area contributed by atoms with Crippen LogP contribution in [0.4, 0.5) is 0 Å². The van der Waals surface area contributed by atoms with E-state index in [1.165, 1.54) is 11.1 Å². The van der Waals surface area contributed by atoms with Crippen LogP contribution >= 0.6 is 0 Å². The molecular weight excluding hydrogens is 222 g/mol. The van der Waals surface area contributed by atoms with E-state index < -0.39 is 0 Å². The molecule has 0 saturated carbocycles. The van der Waals surface area contributed by atoms with E-state index in [1.54, 1.807) is 0 Å². The van der Waals surface area contributed by atoms with Crippen molar-refractivity contribution in [3.63, 3.8) is 0 Å².